The van der Waals surface area contributed by atoms with Crippen LogP contribution in [0.5, 0.6) is 0 Å². The molecule has 0 aromatic rings. The number of barbiturate groups is 1. The molecule has 0 atom stereocenters. The van der Waals surface area contributed by atoms with Crippen molar-refractivity contribution in [2.24, 2.45) is 11.1 Å². The molecule has 1 aliphatic carbocycles. The van der Waals surface area contributed by atoms with Crippen LogP contribution in [0.2, 0.25) is 0 Å². The predicted octanol–water partition coefficient (Wildman–Crippen LogP) is 0.671. The van der Waals surface area contributed by atoms with Crippen molar-refractivity contribution in [3.05, 3.63) is 0 Å². The predicted molar refractivity (Wildman–Crippen MR) is 73.8 cm³/mol. The van der Waals surface area contributed by atoms with Crippen molar-refractivity contribution in [3.8, 4) is 0 Å². The van der Waals surface area contributed by atoms with Crippen LogP contribution in [0.4, 0.5) is 4.79 Å². The van der Waals surface area contributed by atoms with Crippen LogP contribution in [-0.2, 0) is 14.4 Å². The van der Waals surface area contributed by atoms with E-state index >= 15 is 0 Å². The first kappa shape index (κ1) is 15.5. The molecule has 1 aliphatic heterocycles. The standard InChI is InChI=1S/C14H21N3O4/c15-10(18)6-5-9-17-12(20)14(11(19)16-13(17)21)7-3-1-2-4-8-14/h1-9H2,(H2,15,18)(H,16,19,21). The second kappa shape index (κ2) is 6.24. The number of amides is 5. The molecule has 0 bridgehead atoms. The molecule has 0 aromatic carbocycles. The first-order valence-corrected chi connectivity index (χ1v) is 7.43. The lowest BCUT2D eigenvalue weighted by molar-refractivity contribution is -0.152. The molecule has 116 valence electrons. The van der Waals surface area contributed by atoms with E-state index in [0.29, 0.717) is 19.3 Å². The number of carbonyl (C=O) groups is 4. The van der Waals surface area contributed by atoms with E-state index in [-0.39, 0.29) is 13.0 Å². The molecule has 0 radical (unpaired) electrons. The number of hydrogen-bond donors (Lipinski definition) is 2. The summed E-state index contributed by atoms with van der Waals surface area (Å²) >= 11 is 0. The third kappa shape index (κ3) is 3.06. The van der Waals surface area contributed by atoms with Crippen LogP contribution < -0.4 is 11.1 Å². The minimum absolute atomic E-state index is 0.109. The molecular formula is C14H21N3O4. The number of imide groups is 2. The van der Waals surface area contributed by atoms with Crippen molar-refractivity contribution in [1.29, 1.82) is 0 Å². The van der Waals surface area contributed by atoms with Gasteiger partial charge in [0.2, 0.25) is 17.7 Å². The normalized spacial score (nSPS) is 22.1. The number of carbonyl (C=O) groups excluding carboxylic acids is 4. The second-order valence-corrected chi connectivity index (χ2v) is 5.78. The quantitative estimate of drug-likeness (QED) is 0.743. The van der Waals surface area contributed by atoms with E-state index in [2.05, 4.69) is 5.32 Å². The van der Waals surface area contributed by atoms with Gasteiger partial charge < -0.3 is 5.73 Å². The minimum atomic E-state index is -1.10. The Balaban J connectivity index is 2.14. The number of urea groups is 1. The summed E-state index contributed by atoms with van der Waals surface area (Å²) in [6, 6.07) is -0.690. The molecule has 3 N–H and O–H groups in total. The van der Waals surface area contributed by atoms with Gasteiger partial charge in [0.25, 0.3) is 0 Å². The average molecular weight is 295 g/mol. The van der Waals surface area contributed by atoms with Crippen LogP contribution in [0.1, 0.15) is 51.4 Å². The summed E-state index contributed by atoms with van der Waals surface area (Å²) in [7, 11) is 0. The molecule has 1 saturated heterocycles. The molecule has 7 nitrogen and oxygen atoms in total. The fraction of sp³-hybridized carbons (Fsp3) is 0.714. The maximum Gasteiger partial charge on any atom is 0.330 e. The first-order valence-electron chi connectivity index (χ1n) is 7.43. The van der Waals surface area contributed by atoms with Crippen LogP contribution >= 0.6 is 0 Å². The van der Waals surface area contributed by atoms with Crippen LogP contribution in [0, 0.1) is 5.41 Å². The van der Waals surface area contributed by atoms with E-state index in [4.69, 9.17) is 5.73 Å². The summed E-state index contributed by atoms with van der Waals surface area (Å²) in [6.07, 6.45) is 5.01. The Morgan fingerprint density at radius 3 is 2.33 bits per heavy atom. The van der Waals surface area contributed by atoms with Gasteiger partial charge in [-0.15, -0.1) is 0 Å². The maximum atomic E-state index is 12.7. The number of nitrogens with one attached hydrogen (secondary N) is 1. The monoisotopic (exact) mass is 295 g/mol. The highest BCUT2D eigenvalue weighted by Crippen LogP contribution is 2.39. The zero-order valence-electron chi connectivity index (χ0n) is 12.0. The molecule has 2 fully saturated rings. The van der Waals surface area contributed by atoms with Gasteiger partial charge in [-0.05, 0) is 19.3 Å². The fourth-order valence-corrected chi connectivity index (χ4v) is 3.12. The molecule has 1 spiro atoms. The Labute approximate surface area is 123 Å². The smallest absolute Gasteiger partial charge is 0.330 e. The van der Waals surface area contributed by atoms with Crippen LogP contribution in [-0.4, -0.2) is 35.2 Å². The number of primary amides is 1. The van der Waals surface area contributed by atoms with Crippen molar-refractivity contribution in [2.45, 2.75) is 51.4 Å². The average Bonchev–Trinajstić information content (AvgIpc) is 2.67. The molecule has 0 unspecified atom stereocenters. The summed E-state index contributed by atoms with van der Waals surface area (Å²) in [6.45, 7) is 0.114. The van der Waals surface area contributed by atoms with Gasteiger partial charge in [-0.3, -0.25) is 24.6 Å². The van der Waals surface area contributed by atoms with E-state index in [1.54, 1.807) is 0 Å². The summed E-state index contributed by atoms with van der Waals surface area (Å²) in [5, 5.41) is 2.30. The zero-order chi connectivity index (χ0) is 15.5. The largest absolute Gasteiger partial charge is 0.370 e. The van der Waals surface area contributed by atoms with Crippen molar-refractivity contribution < 1.29 is 19.2 Å². The number of nitrogens with two attached hydrogens (primary N) is 1. The van der Waals surface area contributed by atoms with Crippen molar-refractivity contribution in [2.75, 3.05) is 6.54 Å². The summed E-state index contributed by atoms with van der Waals surface area (Å²) in [5.74, 6) is -1.35. The Morgan fingerprint density at radius 2 is 1.76 bits per heavy atom. The van der Waals surface area contributed by atoms with Crippen LogP contribution in [0.15, 0.2) is 0 Å². The first-order chi connectivity index (χ1) is 9.97. The number of rotatable bonds is 4. The highest BCUT2D eigenvalue weighted by atomic mass is 16.2. The molecular weight excluding hydrogens is 274 g/mol. The topological polar surface area (TPSA) is 110 Å². The summed E-state index contributed by atoms with van der Waals surface area (Å²) in [4.78, 5) is 48.6. The summed E-state index contributed by atoms with van der Waals surface area (Å²) in [5.41, 5.74) is 3.96. The van der Waals surface area contributed by atoms with Gasteiger partial charge in [0.15, 0.2) is 0 Å². The molecule has 21 heavy (non-hydrogen) atoms. The molecule has 2 rings (SSSR count). The maximum absolute atomic E-state index is 12.7. The van der Waals surface area contributed by atoms with Gasteiger partial charge in [-0.2, -0.15) is 0 Å². The summed E-state index contributed by atoms with van der Waals surface area (Å²) < 4.78 is 0. The van der Waals surface area contributed by atoms with Crippen molar-refractivity contribution >= 4 is 23.8 Å². The third-order valence-corrected chi connectivity index (χ3v) is 4.32. The lowest BCUT2D eigenvalue weighted by Gasteiger charge is -2.38. The molecule has 2 aliphatic rings. The highest BCUT2D eigenvalue weighted by Gasteiger charge is 2.53. The van der Waals surface area contributed by atoms with Gasteiger partial charge in [0, 0.05) is 13.0 Å². The van der Waals surface area contributed by atoms with Gasteiger partial charge in [0.1, 0.15) is 5.41 Å². The van der Waals surface area contributed by atoms with Crippen molar-refractivity contribution in [3.63, 3.8) is 0 Å². The van der Waals surface area contributed by atoms with Crippen LogP contribution in [0.3, 0.4) is 0 Å². The van der Waals surface area contributed by atoms with Gasteiger partial charge >= 0.3 is 6.03 Å². The zero-order valence-corrected chi connectivity index (χ0v) is 12.0. The Morgan fingerprint density at radius 1 is 1.14 bits per heavy atom. The van der Waals surface area contributed by atoms with E-state index in [1.807, 2.05) is 0 Å². The SMILES string of the molecule is NC(=O)CCCN1C(=O)NC(=O)C2(CCCCCC2)C1=O. The lowest BCUT2D eigenvalue weighted by Crippen LogP contribution is -2.63. The molecule has 1 saturated carbocycles. The number of hydrogen-bond acceptors (Lipinski definition) is 4. The molecule has 7 heteroatoms. The number of nitrogens with zero attached hydrogens (tertiary/aromatic N) is 1. The van der Waals surface area contributed by atoms with Crippen LogP contribution in [0.25, 0.3) is 0 Å². The minimum Gasteiger partial charge on any atom is -0.370 e. The van der Waals surface area contributed by atoms with Gasteiger partial charge in [-0.1, -0.05) is 25.7 Å². The molecule has 5 amide bonds. The Hall–Kier alpha value is -1.92. The van der Waals surface area contributed by atoms with E-state index in [0.717, 1.165) is 30.6 Å². The van der Waals surface area contributed by atoms with Gasteiger partial charge in [-0.25, -0.2) is 4.79 Å². The Kier molecular flexibility index (Phi) is 4.59. The fourth-order valence-electron chi connectivity index (χ4n) is 3.12. The highest BCUT2D eigenvalue weighted by molar-refractivity contribution is 6.19. The van der Waals surface area contributed by atoms with E-state index in [9.17, 15) is 19.2 Å². The Bertz CT molecular complexity index is 467. The molecule has 0 aromatic heterocycles. The van der Waals surface area contributed by atoms with E-state index in [1.165, 1.54) is 0 Å². The second-order valence-electron chi connectivity index (χ2n) is 5.78. The van der Waals surface area contributed by atoms with Gasteiger partial charge in [0.05, 0.1) is 0 Å². The third-order valence-electron chi connectivity index (χ3n) is 4.32. The van der Waals surface area contributed by atoms with E-state index < -0.39 is 29.2 Å². The van der Waals surface area contributed by atoms with Crippen molar-refractivity contribution in [1.82, 2.24) is 10.2 Å². The molecule has 1 heterocycles. The lowest BCUT2D eigenvalue weighted by atomic mass is 9.77.